The van der Waals surface area contributed by atoms with E-state index in [0.717, 1.165) is 25.3 Å². The molecule has 2 atom stereocenters. The molecular formula is C11H13NO. The van der Waals surface area contributed by atoms with Gasteiger partial charge in [0.05, 0.1) is 6.04 Å². The van der Waals surface area contributed by atoms with Crippen LogP contribution in [0, 0.1) is 5.92 Å². The maximum atomic E-state index is 5.62. The van der Waals surface area contributed by atoms with Crippen LogP contribution in [0.25, 0.3) is 0 Å². The molecule has 0 radical (unpaired) electrons. The van der Waals surface area contributed by atoms with Gasteiger partial charge in [-0.1, -0.05) is 18.2 Å². The fourth-order valence-electron chi connectivity index (χ4n) is 2.36. The summed E-state index contributed by atoms with van der Waals surface area (Å²) in [6.07, 6.45) is 9.92. The highest BCUT2D eigenvalue weighted by molar-refractivity contribution is 5.41. The van der Waals surface area contributed by atoms with Gasteiger partial charge in [-0.3, -0.25) is 0 Å². The summed E-state index contributed by atoms with van der Waals surface area (Å²) in [6.45, 7) is 1.80. The first-order valence-electron chi connectivity index (χ1n) is 4.89. The van der Waals surface area contributed by atoms with Gasteiger partial charge in [-0.15, -0.1) is 0 Å². The van der Waals surface area contributed by atoms with Gasteiger partial charge in [0.2, 0.25) is 0 Å². The minimum Gasteiger partial charge on any atom is -0.495 e. The van der Waals surface area contributed by atoms with Gasteiger partial charge in [-0.2, -0.15) is 0 Å². The maximum Gasteiger partial charge on any atom is 0.114 e. The van der Waals surface area contributed by atoms with Gasteiger partial charge in [0.25, 0.3) is 0 Å². The number of fused-ring (bicyclic) bond motifs is 3. The van der Waals surface area contributed by atoms with Gasteiger partial charge in [0, 0.05) is 12.5 Å². The molecule has 2 aliphatic carbocycles. The number of rotatable bonds is 0. The molecule has 3 rings (SSSR count). The lowest BCUT2D eigenvalue weighted by Gasteiger charge is -2.28. The Morgan fingerprint density at radius 3 is 3.46 bits per heavy atom. The molecule has 2 heteroatoms. The van der Waals surface area contributed by atoms with Crippen LogP contribution in [0.1, 0.15) is 6.42 Å². The minimum absolute atomic E-state index is 0.449. The molecule has 0 aromatic heterocycles. The largest absolute Gasteiger partial charge is 0.495 e. The monoisotopic (exact) mass is 175 g/mol. The van der Waals surface area contributed by atoms with Gasteiger partial charge in [-0.05, 0) is 18.1 Å². The minimum atomic E-state index is 0.449. The lowest BCUT2D eigenvalue weighted by atomic mass is 9.90. The molecule has 2 nitrogen and oxygen atoms in total. The van der Waals surface area contributed by atoms with E-state index in [1.165, 1.54) is 5.57 Å². The van der Waals surface area contributed by atoms with Gasteiger partial charge in [0.1, 0.15) is 12.4 Å². The zero-order valence-electron chi connectivity index (χ0n) is 7.49. The second-order valence-corrected chi connectivity index (χ2v) is 3.76. The van der Waals surface area contributed by atoms with Crippen molar-refractivity contribution >= 4 is 0 Å². The normalized spacial score (nSPS) is 35.7. The summed E-state index contributed by atoms with van der Waals surface area (Å²) in [5.74, 6) is 1.77. The van der Waals surface area contributed by atoms with Crippen molar-refractivity contribution in [2.75, 3.05) is 13.2 Å². The molecule has 0 aromatic carbocycles. The molecule has 0 saturated carbocycles. The Kier molecular flexibility index (Phi) is 1.56. The van der Waals surface area contributed by atoms with E-state index >= 15 is 0 Å². The highest BCUT2D eigenvalue weighted by Crippen LogP contribution is 2.36. The zero-order chi connectivity index (χ0) is 8.67. The van der Waals surface area contributed by atoms with Crippen LogP contribution in [0.5, 0.6) is 0 Å². The summed E-state index contributed by atoms with van der Waals surface area (Å²) >= 11 is 0. The predicted molar refractivity (Wildman–Crippen MR) is 51.2 cm³/mol. The van der Waals surface area contributed by atoms with Crippen molar-refractivity contribution in [3.8, 4) is 0 Å². The van der Waals surface area contributed by atoms with Crippen molar-refractivity contribution in [1.82, 2.24) is 5.32 Å². The van der Waals surface area contributed by atoms with E-state index in [9.17, 15) is 0 Å². The van der Waals surface area contributed by atoms with E-state index in [-0.39, 0.29) is 0 Å². The predicted octanol–water partition coefficient (Wildman–Crippen LogP) is 1.37. The molecule has 1 saturated heterocycles. The topological polar surface area (TPSA) is 21.3 Å². The molecule has 1 aliphatic heterocycles. The number of nitrogens with one attached hydrogen (secondary N) is 1. The smallest absolute Gasteiger partial charge is 0.114 e. The highest BCUT2D eigenvalue weighted by atomic mass is 16.5. The second-order valence-electron chi connectivity index (χ2n) is 3.76. The summed E-state index contributed by atoms with van der Waals surface area (Å²) in [5, 5.41) is 3.51. The van der Waals surface area contributed by atoms with Crippen molar-refractivity contribution in [2.45, 2.75) is 12.5 Å². The molecule has 13 heavy (non-hydrogen) atoms. The summed E-state index contributed by atoms with van der Waals surface area (Å²) in [4.78, 5) is 0. The Hall–Kier alpha value is -1.02. The summed E-state index contributed by atoms with van der Waals surface area (Å²) < 4.78 is 5.62. The third kappa shape index (κ3) is 1.05. The number of ether oxygens (including phenoxy) is 1. The average Bonchev–Trinajstić information content (AvgIpc) is 2.56. The van der Waals surface area contributed by atoms with Gasteiger partial charge < -0.3 is 10.1 Å². The van der Waals surface area contributed by atoms with Crippen LogP contribution in [-0.2, 0) is 4.74 Å². The van der Waals surface area contributed by atoms with Crippen molar-refractivity contribution in [2.24, 2.45) is 5.92 Å². The first kappa shape index (κ1) is 7.39. The lowest BCUT2D eigenvalue weighted by molar-refractivity contribution is 0.141. The highest BCUT2D eigenvalue weighted by Gasteiger charge is 2.35. The third-order valence-electron chi connectivity index (χ3n) is 3.00. The van der Waals surface area contributed by atoms with Crippen LogP contribution in [0.15, 0.2) is 35.6 Å². The number of hydrogen-bond acceptors (Lipinski definition) is 2. The molecule has 0 aromatic rings. The van der Waals surface area contributed by atoms with E-state index in [0.29, 0.717) is 12.0 Å². The summed E-state index contributed by atoms with van der Waals surface area (Å²) in [7, 11) is 0. The molecular weight excluding hydrogens is 162 g/mol. The van der Waals surface area contributed by atoms with E-state index in [2.05, 4.69) is 29.6 Å². The van der Waals surface area contributed by atoms with Crippen LogP contribution >= 0.6 is 0 Å². The Morgan fingerprint density at radius 2 is 2.46 bits per heavy atom. The third-order valence-corrected chi connectivity index (χ3v) is 3.00. The fourth-order valence-corrected chi connectivity index (χ4v) is 2.36. The van der Waals surface area contributed by atoms with Gasteiger partial charge in [0.15, 0.2) is 0 Å². The summed E-state index contributed by atoms with van der Waals surface area (Å²) in [5.41, 5.74) is 1.43. The lowest BCUT2D eigenvalue weighted by Crippen LogP contribution is -2.42. The SMILES string of the molecule is C1=CCC2C(=C1)C=C1OCCNC12. The number of allylic oxidation sites excluding steroid dienone is 4. The molecule has 0 amide bonds. The molecule has 3 aliphatic rings. The Balaban J connectivity index is 1.96. The fraction of sp³-hybridized carbons (Fsp3) is 0.455. The first-order chi connectivity index (χ1) is 6.45. The Bertz CT molecular complexity index is 314. The number of hydrogen-bond donors (Lipinski definition) is 1. The quantitative estimate of drug-likeness (QED) is 0.600. The molecule has 1 heterocycles. The van der Waals surface area contributed by atoms with Gasteiger partial charge >= 0.3 is 0 Å². The van der Waals surface area contributed by atoms with E-state index in [4.69, 9.17) is 4.74 Å². The molecule has 1 fully saturated rings. The van der Waals surface area contributed by atoms with Crippen molar-refractivity contribution in [3.05, 3.63) is 35.6 Å². The number of morpholine rings is 1. The van der Waals surface area contributed by atoms with E-state index < -0.39 is 0 Å². The zero-order valence-corrected chi connectivity index (χ0v) is 7.49. The van der Waals surface area contributed by atoms with Crippen LogP contribution < -0.4 is 5.32 Å². The maximum absolute atomic E-state index is 5.62. The molecule has 68 valence electrons. The summed E-state index contributed by atoms with van der Waals surface area (Å²) in [6, 6.07) is 0.449. The Labute approximate surface area is 78.0 Å². The van der Waals surface area contributed by atoms with Crippen LogP contribution in [0.2, 0.25) is 0 Å². The Morgan fingerprint density at radius 1 is 1.46 bits per heavy atom. The van der Waals surface area contributed by atoms with Crippen molar-refractivity contribution < 1.29 is 4.74 Å². The van der Waals surface area contributed by atoms with Crippen LogP contribution in [0.3, 0.4) is 0 Å². The van der Waals surface area contributed by atoms with Crippen LogP contribution in [0.4, 0.5) is 0 Å². The standard InChI is InChI=1S/C11H13NO/c1-2-4-9-8(3-1)7-10-11(9)12-5-6-13-10/h1-3,7,9,11-12H,4-6H2. The van der Waals surface area contributed by atoms with E-state index in [1.54, 1.807) is 0 Å². The second kappa shape index (κ2) is 2.74. The molecule has 0 bridgehead atoms. The molecule has 1 N–H and O–H groups in total. The van der Waals surface area contributed by atoms with E-state index in [1.807, 2.05) is 0 Å². The average molecular weight is 175 g/mol. The first-order valence-corrected chi connectivity index (χ1v) is 4.89. The molecule has 0 spiro atoms. The van der Waals surface area contributed by atoms with Crippen LogP contribution in [-0.4, -0.2) is 19.2 Å². The van der Waals surface area contributed by atoms with Crippen molar-refractivity contribution in [1.29, 1.82) is 0 Å². The van der Waals surface area contributed by atoms with Crippen molar-refractivity contribution in [3.63, 3.8) is 0 Å². The molecule has 2 unspecified atom stereocenters. The van der Waals surface area contributed by atoms with Gasteiger partial charge in [-0.25, -0.2) is 0 Å².